The van der Waals surface area contributed by atoms with Gasteiger partial charge in [-0.05, 0) is 48.7 Å². The van der Waals surface area contributed by atoms with Crippen molar-refractivity contribution in [3.05, 3.63) is 106 Å². The lowest BCUT2D eigenvalue weighted by Crippen LogP contribution is -2.31. The maximum Gasteiger partial charge on any atom is 0.254 e. The van der Waals surface area contributed by atoms with E-state index in [-0.39, 0.29) is 35.8 Å². The molecule has 0 N–H and O–H groups in total. The zero-order valence-electron chi connectivity index (χ0n) is 21.1. The molecule has 0 fully saturated rings. The zero-order valence-corrected chi connectivity index (χ0v) is 22.7. The highest BCUT2D eigenvalue weighted by atomic mass is 35.5. The first-order chi connectivity index (χ1) is 17.6. The third-order valence-electron chi connectivity index (χ3n) is 5.81. The lowest BCUT2D eigenvalue weighted by molar-refractivity contribution is 0.0712. The minimum atomic E-state index is -3.74. The van der Waals surface area contributed by atoms with E-state index in [4.69, 9.17) is 16.0 Å². The Balaban J connectivity index is 1.70. The summed E-state index contributed by atoms with van der Waals surface area (Å²) in [5.74, 6) is 0.363. The normalized spacial score (nSPS) is 11.7. The van der Waals surface area contributed by atoms with Crippen molar-refractivity contribution in [2.75, 3.05) is 0 Å². The fraction of sp³-hybridized carbons (Fsp3) is 0.286. The lowest BCUT2D eigenvalue weighted by atomic mass is 10.2. The van der Waals surface area contributed by atoms with E-state index in [1.165, 1.54) is 0 Å². The van der Waals surface area contributed by atoms with E-state index in [2.05, 4.69) is 4.98 Å². The molecule has 7 nitrogen and oxygen atoms in total. The quantitative estimate of drug-likeness (QED) is 0.250. The lowest BCUT2D eigenvalue weighted by Gasteiger charge is -2.23. The summed E-state index contributed by atoms with van der Waals surface area (Å²) in [4.78, 5) is 19.5. The largest absolute Gasteiger partial charge is 0.467 e. The predicted octanol–water partition coefficient (Wildman–Crippen LogP) is 5.91. The number of nitrogens with zero attached hydrogens (tertiary/aromatic N) is 3. The van der Waals surface area contributed by atoms with Crippen LogP contribution in [-0.2, 0) is 35.2 Å². The van der Waals surface area contributed by atoms with Gasteiger partial charge in [-0.2, -0.15) is 0 Å². The van der Waals surface area contributed by atoms with Crippen LogP contribution in [0.1, 0.15) is 46.8 Å². The Morgan fingerprint density at radius 2 is 1.86 bits per heavy atom. The van der Waals surface area contributed by atoms with E-state index in [0.29, 0.717) is 34.1 Å². The van der Waals surface area contributed by atoms with Crippen LogP contribution in [0.15, 0.2) is 82.7 Å². The van der Waals surface area contributed by atoms with Crippen LogP contribution in [0.25, 0.3) is 0 Å². The van der Waals surface area contributed by atoms with Gasteiger partial charge in [-0.25, -0.2) is 13.4 Å². The average Bonchev–Trinajstić information content (AvgIpc) is 3.48. The molecule has 2 aromatic carbocycles. The van der Waals surface area contributed by atoms with Gasteiger partial charge in [0.1, 0.15) is 5.76 Å². The molecule has 0 bridgehead atoms. The summed E-state index contributed by atoms with van der Waals surface area (Å²) in [7, 11) is -3.74. The predicted molar refractivity (Wildman–Crippen MR) is 143 cm³/mol. The number of hydrogen-bond acceptors (Lipinski definition) is 5. The average molecular weight is 540 g/mol. The van der Waals surface area contributed by atoms with Gasteiger partial charge in [0.25, 0.3) is 5.91 Å². The van der Waals surface area contributed by atoms with Gasteiger partial charge in [0, 0.05) is 17.1 Å². The van der Waals surface area contributed by atoms with E-state index in [9.17, 15) is 13.2 Å². The van der Waals surface area contributed by atoms with E-state index in [1.54, 1.807) is 64.4 Å². The number of imidazole rings is 1. The van der Waals surface area contributed by atoms with E-state index in [0.717, 1.165) is 5.56 Å². The van der Waals surface area contributed by atoms with E-state index in [1.807, 2.05) is 39.0 Å². The molecule has 2 aromatic heterocycles. The number of sulfone groups is 1. The van der Waals surface area contributed by atoms with Crippen molar-refractivity contribution < 1.29 is 17.6 Å². The number of halogens is 1. The Labute approximate surface area is 222 Å². The minimum Gasteiger partial charge on any atom is -0.467 e. The van der Waals surface area contributed by atoms with Crippen LogP contribution in [0, 0.1) is 12.8 Å². The highest BCUT2D eigenvalue weighted by Gasteiger charge is 2.27. The van der Waals surface area contributed by atoms with Gasteiger partial charge in [0.05, 0.1) is 37.0 Å². The topological polar surface area (TPSA) is 85.4 Å². The molecule has 1 amide bonds. The summed E-state index contributed by atoms with van der Waals surface area (Å²) in [6.07, 6.45) is 3.10. The van der Waals surface area contributed by atoms with Gasteiger partial charge in [-0.15, -0.1) is 0 Å². The maximum absolute atomic E-state index is 13.5. The maximum atomic E-state index is 13.5. The number of aromatic nitrogens is 2. The molecule has 0 spiro atoms. The van der Waals surface area contributed by atoms with E-state index >= 15 is 0 Å². The van der Waals surface area contributed by atoms with Crippen LogP contribution in [0.2, 0.25) is 5.02 Å². The zero-order chi connectivity index (χ0) is 26.6. The van der Waals surface area contributed by atoms with Gasteiger partial charge >= 0.3 is 0 Å². The number of carbonyl (C=O) groups excluding carboxylic acids is 1. The molecule has 37 heavy (non-hydrogen) atoms. The fourth-order valence-corrected chi connectivity index (χ4v) is 5.88. The van der Waals surface area contributed by atoms with Gasteiger partial charge in [0.15, 0.2) is 0 Å². The standard InChI is InChI=1S/C28H30ClN3O4S/c1-20(2)16-32-25(15-30-28(32)37(34,35)19-22-8-4-7-21(3)13-22)17-31(18-26-11-6-12-36-26)27(33)23-9-5-10-24(29)14-23/h4-15,20H,16-19H2,1-3H3. The fourth-order valence-electron chi connectivity index (χ4n) is 4.20. The molecule has 4 rings (SSSR count). The van der Waals surface area contributed by atoms with Crippen LogP contribution in [-0.4, -0.2) is 28.8 Å². The molecule has 2 heterocycles. The highest BCUT2D eigenvalue weighted by molar-refractivity contribution is 7.90. The first kappa shape index (κ1) is 26.7. The summed E-state index contributed by atoms with van der Waals surface area (Å²) in [6.45, 7) is 6.75. The molecule has 194 valence electrons. The molecule has 4 aromatic rings. The van der Waals surface area contributed by atoms with Crippen LogP contribution >= 0.6 is 11.6 Å². The van der Waals surface area contributed by atoms with Crippen LogP contribution in [0.3, 0.4) is 0 Å². The first-order valence-corrected chi connectivity index (χ1v) is 14.1. The van der Waals surface area contributed by atoms with Gasteiger partial charge in [-0.1, -0.05) is 61.3 Å². The summed E-state index contributed by atoms with van der Waals surface area (Å²) in [6, 6.07) is 17.7. The second-order valence-corrected chi connectivity index (χ2v) is 11.9. The van der Waals surface area contributed by atoms with Crippen molar-refractivity contribution in [2.45, 2.75) is 51.3 Å². The van der Waals surface area contributed by atoms with Crippen molar-refractivity contribution in [3.8, 4) is 0 Å². The van der Waals surface area contributed by atoms with Gasteiger partial charge in [-0.3, -0.25) is 4.79 Å². The smallest absolute Gasteiger partial charge is 0.254 e. The van der Waals surface area contributed by atoms with Crippen molar-refractivity contribution in [2.24, 2.45) is 5.92 Å². The van der Waals surface area contributed by atoms with Crippen molar-refractivity contribution in [1.29, 1.82) is 0 Å². The molecular formula is C28H30ClN3O4S. The molecule has 0 atom stereocenters. The SMILES string of the molecule is Cc1cccc(CS(=O)(=O)c2ncc(CN(Cc3ccco3)C(=O)c3cccc(Cl)c3)n2CC(C)C)c1. The number of aryl methyl sites for hydroxylation is 1. The third-order valence-corrected chi connectivity index (χ3v) is 7.64. The monoisotopic (exact) mass is 539 g/mol. The molecule has 0 saturated heterocycles. The summed E-state index contributed by atoms with van der Waals surface area (Å²) in [5.41, 5.74) is 2.75. The Morgan fingerprint density at radius 1 is 1.08 bits per heavy atom. The molecule has 9 heteroatoms. The van der Waals surface area contributed by atoms with E-state index < -0.39 is 9.84 Å². The summed E-state index contributed by atoms with van der Waals surface area (Å²) in [5, 5.41) is 0.462. The molecule has 0 radical (unpaired) electrons. The second-order valence-electron chi connectivity index (χ2n) is 9.54. The summed E-state index contributed by atoms with van der Waals surface area (Å²) < 4.78 is 34.2. The van der Waals surface area contributed by atoms with Crippen molar-refractivity contribution in [3.63, 3.8) is 0 Å². The molecule has 0 aliphatic heterocycles. The van der Waals surface area contributed by atoms with Crippen LogP contribution < -0.4 is 0 Å². The Kier molecular flexibility index (Phi) is 8.19. The number of hydrogen-bond donors (Lipinski definition) is 0. The molecule has 0 aliphatic carbocycles. The number of benzene rings is 2. The van der Waals surface area contributed by atoms with Crippen LogP contribution in [0.5, 0.6) is 0 Å². The Bertz CT molecular complexity index is 1480. The molecule has 0 saturated carbocycles. The number of rotatable bonds is 10. The van der Waals surface area contributed by atoms with Crippen LogP contribution in [0.4, 0.5) is 0 Å². The van der Waals surface area contributed by atoms with Gasteiger partial charge < -0.3 is 13.9 Å². The van der Waals surface area contributed by atoms with Crippen molar-refractivity contribution in [1.82, 2.24) is 14.5 Å². The Hall–Kier alpha value is -3.36. The highest BCUT2D eigenvalue weighted by Crippen LogP contribution is 2.23. The number of carbonyl (C=O) groups is 1. The Morgan fingerprint density at radius 3 is 2.54 bits per heavy atom. The molecule has 0 aliphatic rings. The molecular weight excluding hydrogens is 510 g/mol. The first-order valence-electron chi connectivity index (χ1n) is 12.0. The second kappa shape index (κ2) is 11.4. The summed E-state index contributed by atoms with van der Waals surface area (Å²) >= 11 is 6.14. The number of furan rings is 1. The van der Waals surface area contributed by atoms with Crippen molar-refractivity contribution >= 4 is 27.3 Å². The van der Waals surface area contributed by atoms with Gasteiger partial charge in [0.2, 0.25) is 15.0 Å². The molecule has 0 unspecified atom stereocenters. The minimum absolute atomic E-state index is 0.00543. The third kappa shape index (κ3) is 6.70. The number of amides is 1.